The molecule has 1 heteroatoms. The zero-order chi connectivity index (χ0) is 46.2. The van der Waals surface area contributed by atoms with Gasteiger partial charge >= 0.3 is 151 Å². The van der Waals surface area contributed by atoms with Crippen LogP contribution in [0.15, 0.2) is 139 Å². The molecule has 0 radical (unpaired) electrons. The van der Waals surface area contributed by atoms with Crippen molar-refractivity contribution < 1.29 is 24.2 Å². The number of allylic oxidation sites excluding steroid dienone is 16. The van der Waals surface area contributed by atoms with Gasteiger partial charge in [0.05, 0.1) is 0 Å². The van der Waals surface area contributed by atoms with Gasteiger partial charge in [-0.25, -0.2) is 6.08 Å². The van der Waals surface area contributed by atoms with Crippen LogP contribution >= 0.6 is 0 Å². The van der Waals surface area contributed by atoms with E-state index in [0.29, 0.717) is 17.3 Å². The second-order valence-electron chi connectivity index (χ2n) is 23.9. The van der Waals surface area contributed by atoms with Crippen molar-refractivity contribution in [2.45, 2.75) is 142 Å². The Morgan fingerprint density at radius 2 is 1.05 bits per heavy atom. The third-order valence-corrected chi connectivity index (χ3v) is 19.7. The summed E-state index contributed by atoms with van der Waals surface area (Å²) in [7, 11) is 0. The average Bonchev–Trinajstić information content (AvgIpc) is 3.78. The van der Waals surface area contributed by atoms with Crippen molar-refractivity contribution in [3.05, 3.63) is 173 Å². The molecular weight excluding hydrogens is 824 g/mol. The van der Waals surface area contributed by atoms with Gasteiger partial charge in [0.1, 0.15) is 0 Å². The molecule has 62 heavy (non-hydrogen) atoms. The standard InChI is InChI=1S/C29H37.C21H26.C11H17.Zr/c1-21-14-13-15-22-20-27(6)25(4)18-10-9-16-23(25,2)24(3)17-11-12-19-26(24,5)29(27,8)28(21,22)7;1-20(2,3)18-11-7-16(8-12-18)15-17-9-13-19(14-10-17)21(4,5)6;1-5-9-6-7-10(8-9)11(2,3)4;/h9-20,22H,1-8H3;7-14H,1-6H3;7-9H,5H2,1-4H3;/q-1;;-1;+2. The first-order chi connectivity index (χ1) is 28.5. The second kappa shape index (κ2) is 16.2. The molecule has 0 aliphatic heterocycles. The van der Waals surface area contributed by atoms with Crippen LogP contribution in [0.1, 0.15) is 153 Å². The van der Waals surface area contributed by atoms with E-state index >= 15 is 0 Å². The normalized spacial score (nSPS) is 36.3. The maximum atomic E-state index is 3.35. The Balaban J connectivity index is 0.000000171. The minimum absolute atomic E-state index is 0.00615. The molecule has 9 atom stereocenters. The molecule has 8 rings (SSSR count). The first-order valence-corrected chi connectivity index (χ1v) is 24.8. The molecular formula is C61H80Zr. The summed E-state index contributed by atoms with van der Waals surface area (Å²) in [4.78, 5) is 0. The minimum Gasteiger partial charge on any atom is -0.314 e. The summed E-state index contributed by atoms with van der Waals surface area (Å²) in [5.74, 6) is 1.03. The minimum atomic E-state index is 0.00615. The summed E-state index contributed by atoms with van der Waals surface area (Å²) < 4.78 is 1.42. The molecule has 0 N–H and O–H groups in total. The maximum Gasteiger partial charge on any atom is 0.00455 e. The van der Waals surface area contributed by atoms with Crippen molar-refractivity contribution in [2.24, 2.45) is 55.2 Å². The van der Waals surface area contributed by atoms with Gasteiger partial charge in [-0.3, -0.25) is 6.08 Å². The van der Waals surface area contributed by atoms with Crippen LogP contribution in [0.2, 0.25) is 0 Å². The van der Waals surface area contributed by atoms with Crippen LogP contribution in [0, 0.1) is 67.7 Å². The quantitative estimate of drug-likeness (QED) is 0.269. The predicted molar refractivity (Wildman–Crippen MR) is 267 cm³/mol. The van der Waals surface area contributed by atoms with E-state index in [4.69, 9.17) is 0 Å². The second-order valence-corrected chi connectivity index (χ2v) is 25.2. The van der Waals surface area contributed by atoms with Gasteiger partial charge in [0.2, 0.25) is 0 Å². The van der Waals surface area contributed by atoms with E-state index in [1.165, 1.54) is 67.3 Å². The Labute approximate surface area is 395 Å². The zero-order valence-electron chi connectivity index (χ0n) is 42.1. The molecule has 2 saturated carbocycles. The molecule has 2 fully saturated rings. The van der Waals surface area contributed by atoms with E-state index in [-0.39, 0.29) is 48.7 Å². The fraction of sp³-hybridized carbons (Fsp3) is 0.508. The molecule has 0 bridgehead atoms. The van der Waals surface area contributed by atoms with E-state index < -0.39 is 0 Å². The Morgan fingerprint density at radius 3 is 1.45 bits per heavy atom. The van der Waals surface area contributed by atoms with Crippen LogP contribution in [0.25, 0.3) is 0 Å². The third kappa shape index (κ3) is 7.19. The summed E-state index contributed by atoms with van der Waals surface area (Å²) in [5, 5.41) is 0. The van der Waals surface area contributed by atoms with Crippen molar-refractivity contribution in [3.63, 3.8) is 0 Å². The SMILES string of the molecule is CC(C)(C)c1ccc([C](=[Zr+2])c2ccc(C(C)(C)C)cc2)cc1.CC1=CC=CC2[CH-]C3(C)C4(C)C=CC=CC4(C)C4(C)C=CC=CC4(C)C3(C)C12C.CCC1[C-]=CC(C(C)(C)C)=C1. The van der Waals surface area contributed by atoms with Gasteiger partial charge < -0.3 is 6.42 Å². The van der Waals surface area contributed by atoms with Crippen molar-refractivity contribution in [2.75, 3.05) is 0 Å². The summed E-state index contributed by atoms with van der Waals surface area (Å²) in [5.41, 5.74) is 9.37. The Hall–Kier alpha value is -2.89. The molecule has 0 spiro atoms. The first-order valence-electron chi connectivity index (χ1n) is 23.6. The van der Waals surface area contributed by atoms with Gasteiger partial charge in [-0.05, 0) is 28.6 Å². The first kappa shape index (κ1) is 48.6. The Bertz CT molecular complexity index is 2220. The molecule has 0 amide bonds. The molecule has 6 aliphatic carbocycles. The number of rotatable bonds is 3. The van der Waals surface area contributed by atoms with E-state index in [9.17, 15) is 0 Å². The molecule has 9 unspecified atom stereocenters. The summed E-state index contributed by atoms with van der Waals surface area (Å²) in [6.45, 7) is 42.8. The van der Waals surface area contributed by atoms with Gasteiger partial charge in [-0.2, -0.15) is 11.6 Å². The summed E-state index contributed by atoms with van der Waals surface area (Å²) in [6.07, 6.45) is 38.3. The molecule has 2 aromatic rings. The van der Waals surface area contributed by atoms with E-state index in [1.807, 2.05) is 0 Å². The van der Waals surface area contributed by atoms with Crippen LogP contribution in [-0.2, 0) is 35.1 Å². The molecule has 0 nitrogen and oxygen atoms in total. The number of hydrogen-bond acceptors (Lipinski definition) is 0. The number of fused-ring (bicyclic) bond motifs is 8. The van der Waals surface area contributed by atoms with Gasteiger partial charge in [0, 0.05) is 10.8 Å². The maximum absolute atomic E-state index is 3.35. The Morgan fingerprint density at radius 1 is 0.613 bits per heavy atom. The zero-order valence-corrected chi connectivity index (χ0v) is 44.5. The molecule has 6 aliphatic rings. The largest absolute Gasteiger partial charge is 0.314 e. The van der Waals surface area contributed by atoms with Crippen LogP contribution in [0.4, 0.5) is 0 Å². The smallest absolute Gasteiger partial charge is 0.00455 e. The van der Waals surface area contributed by atoms with Gasteiger partial charge in [-0.15, -0.1) is 17.4 Å². The fourth-order valence-corrected chi connectivity index (χ4v) is 13.7. The molecule has 0 aromatic heterocycles. The van der Waals surface area contributed by atoms with Crippen LogP contribution in [-0.4, -0.2) is 3.21 Å². The van der Waals surface area contributed by atoms with Crippen LogP contribution in [0.3, 0.4) is 0 Å². The van der Waals surface area contributed by atoms with Crippen molar-refractivity contribution >= 4 is 3.21 Å². The van der Waals surface area contributed by atoms with Gasteiger partial charge in [0.15, 0.2) is 0 Å². The average molecular weight is 905 g/mol. The monoisotopic (exact) mass is 903 g/mol. The third-order valence-electron chi connectivity index (χ3n) is 18.3. The van der Waals surface area contributed by atoms with Gasteiger partial charge in [0.25, 0.3) is 0 Å². The van der Waals surface area contributed by atoms with Crippen molar-refractivity contribution in [1.29, 1.82) is 0 Å². The topological polar surface area (TPSA) is 0 Å². The van der Waals surface area contributed by atoms with Crippen LogP contribution < -0.4 is 0 Å². The van der Waals surface area contributed by atoms with E-state index in [0.717, 1.165) is 0 Å². The van der Waals surface area contributed by atoms with E-state index in [2.05, 4.69) is 265 Å². The summed E-state index contributed by atoms with van der Waals surface area (Å²) in [6, 6.07) is 18.1. The van der Waals surface area contributed by atoms with Gasteiger partial charge in [-0.1, -0.05) is 160 Å². The number of hydrogen-bond donors (Lipinski definition) is 0. The fourth-order valence-electron chi connectivity index (χ4n) is 12.9. The van der Waals surface area contributed by atoms with E-state index in [1.54, 1.807) is 0 Å². The summed E-state index contributed by atoms with van der Waals surface area (Å²) >= 11 is 1.46. The number of benzene rings is 2. The molecule has 0 heterocycles. The van der Waals surface area contributed by atoms with Crippen molar-refractivity contribution in [3.8, 4) is 0 Å². The molecule has 328 valence electrons. The van der Waals surface area contributed by atoms with Crippen molar-refractivity contribution in [1.82, 2.24) is 0 Å². The Kier molecular flexibility index (Phi) is 12.7. The predicted octanol–water partition coefficient (Wildman–Crippen LogP) is 16.4. The molecule has 2 aromatic carbocycles. The van der Waals surface area contributed by atoms with Crippen LogP contribution in [0.5, 0.6) is 0 Å². The molecule has 0 saturated heterocycles.